The monoisotopic (exact) mass is 460 g/mol. The molecule has 3 rings (SSSR count). The van der Waals surface area contributed by atoms with Gasteiger partial charge in [-0.05, 0) is 68.7 Å². The fourth-order valence-electron chi connectivity index (χ4n) is 3.41. The second-order valence-electron chi connectivity index (χ2n) is 9.03. The van der Waals surface area contributed by atoms with E-state index in [-0.39, 0.29) is 24.8 Å². The van der Waals surface area contributed by atoms with Crippen LogP contribution in [0.3, 0.4) is 0 Å². The van der Waals surface area contributed by atoms with Crippen molar-refractivity contribution in [1.29, 1.82) is 0 Å². The number of hydrogen-bond acceptors (Lipinski definition) is 5. The van der Waals surface area contributed by atoms with Crippen molar-refractivity contribution in [2.24, 2.45) is 5.73 Å². The van der Waals surface area contributed by atoms with E-state index in [1.165, 1.54) is 5.56 Å². The lowest BCUT2D eigenvalue weighted by atomic mass is 10.1. The first kappa shape index (κ1) is 25.0. The van der Waals surface area contributed by atoms with Gasteiger partial charge >= 0.3 is 5.97 Å². The van der Waals surface area contributed by atoms with Crippen LogP contribution in [0.25, 0.3) is 0 Å². The van der Waals surface area contributed by atoms with Gasteiger partial charge in [-0.15, -0.1) is 0 Å². The van der Waals surface area contributed by atoms with E-state index >= 15 is 0 Å². The van der Waals surface area contributed by atoms with Crippen molar-refractivity contribution in [3.8, 4) is 11.5 Å². The van der Waals surface area contributed by atoms with Crippen molar-refractivity contribution in [1.82, 2.24) is 5.32 Å². The number of amides is 1. The molecule has 0 heterocycles. The predicted molar refractivity (Wildman–Crippen MR) is 133 cm³/mol. The molecule has 0 bridgehead atoms. The molecule has 34 heavy (non-hydrogen) atoms. The smallest absolute Gasteiger partial charge is 0.310 e. The van der Waals surface area contributed by atoms with Gasteiger partial charge in [-0.25, -0.2) is 0 Å². The average molecular weight is 461 g/mol. The summed E-state index contributed by atoms with van der Waals surface area (Å²) in [6.45, 7) is 6.35. The van der Waals surface area contributed by atoms with Gasteiger partial charge in [0, 0.05) is 24.2 Å². The minimum absolute atomic E-state index is 0.128. The molecule has 3 N–H and O–H groups in total. The fourth-order valence-corrected chi connectivity index (χ4v) is 3.41. The van der Waals surface area contributed by atoms with Crippen molar-refractivity contribution >= 4 is 11.9 Å². The average Bonchev–Trinajstić information content (AvgIpc) is 2.80. The Labute approximate surface area is 201 Å². The highest BCUT2D eigenvalue weighted by molar-refractivity contribution is 5.94. The molecule has 0 aliphatic rings. The highest BCUT2D eigenvalue weighted by atomic mass is 16.6. The highest BCUT2D eigenvalue weighted by Gasteiger charge is 2.17. The Hall–Kier alpha value is -3.64. The lowest BCUT2D eigenvalue weighted by molar-refractivity contribution is -0.153. The number of esters is 1. The molecule has 0 aliphatic heterocycles. The number of rotatable bonds is 9. The first-order valence-electron chi connectivity index (χ1n) is 11.4. The van der Waals surface area contributed by atoms with Crippen LogP contribution in [-0.4, -0.2) is 24.0 Å². The Balaban J connectivity index is 1.57. The van der Waals surface area contributed by atoms with Crippen molar-refractivity contribution in [3.05, 3.63) is 95.1 Å². The molecule has 0 atom stereocenters. The maximum Gasteiger partial charge on any atom is 0.310 e. The van der Waals surface area contributed by atoms with Gasteiger partial charge in [0.05, 0.1) is 6.42 Å². The summed E-state index contributed by atoms with van der Waals surface area (Å²) in [6.07, 6.45) is 0.943. The van der Waals surface area contributed by atoms with E-state index in [4.69, 9.17) is 15.2 Å². The molecular formula is C28H32N2O4. The maximum atomic E-state index is 12.4. The van der Waals surface area contributed by atoms with E-state index in [1.54, 1.807) is 30.3 Å². The normalized spacial score (nSPS) is 11.1. The van der Waals surface area contributed by atoms with Gasteiger partial charge in [0.1, 0.15) is 17.1 Å². The summed E-state index contributed by atoms with van der Waals surface area (Å²) in [5.41, 5.74) is 8.72. The summed E-state index contributed by atoms with van der Waals surface area (Å²) >= 11 is 0. The zero-order valence-electron chi connectivity index (χ0n) is 20.0. The van der Waals surface area contributed by atoms with Crippen LogP contribution in [0.1, 0.15) is 47.8 Å². The van der Waals surface area contributed by atoms with Crippen LogP contribution in [-0.2, 0) is 28.9 Å². The van der Waals surface area contributed by atoms with Gasteiger partial charge in [0.25, 0.3) is 5.91 Å². The van der Waals surface area contributed by atoms with E-state index in [2.05, 4.69) is 5.32 Å². The van der Waals surface area contributed by atoms with Crippen molar-refractivity contribution in [2.45, 2.75) is 45.8 Å². The Bertz CT molecular complexity index is 1100. The van der Waals surface area contributed by atoms with E-state index in [0.717, 1.165) is 17.5 Å². The molecule has 0 spiro atoms. The molecule has 6 nitrogen and oxygen atoms in total. The topological polar surface area (TPSA) is 90.6 Å². The van der Waals surface area contributed by atoms with Crippen LogP contribution < -0.4 is 15.8 Å². The Kier molecular flexibility index (Phi) is 8.44. The van der Waals surface area contributed by atoms with E-state index in [0.29, 0.717) is 23.6 Å². The van der Waals surface area contributed by atoms with Crippen LogP contribution in [0.2, 0.25) is 0 Å². The number of carbonyl (C=O) groups excluding carboxylic acids is 2. The summed E-state index contributed by atoms with van der Waals surface area (Å²) in [5, 5.41) is 2.94. The van der Waals surface area contributed by atoms with Crippen LogP contribution >= 0.6 is 0 Å². The highest BCUT2D eigenvalue weighted by Crippen LogP contribution is 2.27. The summed E-state index contributed by atoms with van der Waals surface area (Å²) in [4.78, 5) is 24.5. The van der Waals surface area contributed by atoms with Gasteiger partial charge < -0.3 is 20.5 Å². The third-order valence-electron chi connectivity index (χ3n) is 5.00. The number of carbonyl (C=O) groups is 2. The van der Waals surface area contributed by atoms with Gasteiger partial charge in [0.15, 0.2) is 0 Å². The molecular weight excluding hydrogens is 428 g/mol. The summed E-state index contributed by atoms with van der Waals surface area (Å²) in [5.74, 6) is 0.782. The fraction of sp³-hybridized carbons (Fsp3) is 0.286. The molecule has 178 valence electrons. The van der Waals surface area contributed by atoms with Gasteiger partial charge in [-0.3, -0.25) is 9.59 Å². The molecule has 1 amide bonds. The van der Waals surface area contributed by atoms with Gasteiger partial charge in [-0.2, -0.15) is 0 Å². The van der Waals surface area contributed by atoms with Crippen LogP contribution in [0.4, 0.5) is 0 Å². The van der Waals surface area contributed by atoms with E-state index in [9.17, 15) is 9.59 Å². The zero-order chi connectivity index (χ0) is 24.6. The predicted octanol–water partition coefficient (Wildman–Crippen LogP) is 4.79. The minimum atomic E-state index is -0.526. The Morgan fingerprint density at radius 2 is 1.62 bits per heavy atom. The number of hydrogen-bond donors (Lipinski definition) is 2. The first-order valence-corrected chi connectivity index (χ1v) is 11.4. The molecule has 3 aromatic rings. The third kappa shape index (κ3) is 7.74. The lowest BCUT2D eigenvalue weighted by Crippen LogP contribution is -2.25. The number of nitrogens with two attached hydrogens (primary N) is 1. The minimum Gasteiger partial charge on any atom is -0.460 e. The number of ether oxygens (including phenoxy) is 2. The summed E-state index contributed by atoms with van der Waals surface area (Å²) < 4.78 is 11.4. The first-order chi connectivity index (χ1) is 16.2. The Morgan fingerprint density at radius 1 is 0.912 bits per heavy atom. The van der Waals surface area contributed by atoms with Crippen LogP contribution in [0.15, 0.2) is 72.8 Å². The molecule has 0 aromatic heterocycles. The van der Waals surface area contributed by atoms with E-state index < -0.39 is 5.60 Å². The number of benzene rings is 3. The van der Waals surface area contributed by atoms with Gasteiger partial charge in [-0.1, -0.05) is 42.5 Å². The van der Waals surface area contributed by atoms with Crippen molar-refractivity contribution in [2.75, 3.05) is 6.54 Å². The second kappa shape index (κ2) is 11.5. The zero-order valence-corrected chi connectivity index (χ0v) is 20.0. The molecule has 0 radical (unpaired) electrons. The second-order valence-corrected chi connectivity index (χ2v) is 9.03. The largest absolute Gasteiger partial charge is 0.460 e. The van der Waals surface area contributed by atoms with Crippen LogP contribution in [0.5, 0.6) is 11.5 Å². The maximum absolute atomic E-state index is 12.4. The molecule has 0 saturated carbocycles. The molecule has 0 unspecified atom stereocenters. The quantitative estimate of drug-likeness (QED) is 0.448. The van der Waals surface area contributed by atoms with Crippen molar-refractivity contribution in [3.63, 3.8) is 0 Å². The summed E-state index contributed by atoms with van der Waals surface area (Å²) in [6, 6.07) is 22.5. The molecule has 0 saturated heterocycles. The number of nitrogens with one attached hydrogen (secondary N) is 1. The molecule has 6 heteroatoms. The van der Waals surface area contributed by atoms with Gasteiger partial charge in [0.2, 0.25) is 0 Å². The lowest BCUT2D eigenvalue weighted by Gasteiger charge is -2.19. The SMILES string of the molecule is CC(C)(C)OC(=O)Cc1ccc(Oc2ccc(C(=O)NCCc3ccccc3)cc2)c(CN)c1. The van der Waals surface area contributed by atoms with Crippen molar-refractivity contribution < 1.29 is 19.1 Å². The standard InChI is InChI=1S/C28H32N2O4/c1-28(2,3)34-26(31)18-21-9-14-25(23(17-21)19-29)33-24-12-10-22(11-13-24)27(32)30-16-15-20-7-5-4-6-8-20/h4-14,17H,15-16,18-19,29H2,1-3H3,(H,30,32). The Morgan fingerprint density at radius 3 is 2.26 bits per heavy atom. The summed E-state index contributed by atoms with van der Waals surface area (Å²) in [7, 11) is 0. The van der Waals surface area contributed by atoms with Crippen LogP contribution in [0, 0.1) is 0 Å². The van der Waals surface area contributed by atoms with E-state index in [1.807, 2.05) is 63.2 Å². The molecule has 3 aromatic carbocycles. The third-order valence-corrected chi connectivity index (χ3v) is 5.00. The molecule has 0 aliphatic carbocycles. The molecule has 0 fully saturated rings.